The summed E-state index contributed by atoms with van der Waals surface area (Å²) in [7, 11) is 0. The van der Waals surface area contributed by atoms with Crippen molar-refractivity contribution in [2.75, 3.05) is 0 Å². The molecule has 0 aromatic carbocycles. The van der Waals surface area contributed by atoms with Crippen LogP contribution in [0.25, 0.3) is 0 Å². The minimum atomic E-state index is -0.797. The van der Waals surface area contributed by atoms with Crippen LogP contribution in [0.4, 0.5) is 4.79 Å². The molecule has 0 bridgehead atoms. The van der Waals surface area contributed by atoms with Crippen molar-refractivity contribution in [2.24, 2.45) is 0 Å². The van der Waals surface area contributed by atoms with Crippen LogP contribution < -0.4 is 5.32 Å². The number of hydrogen-bond donors (Lipinski definition) is 1. The molecule has 5 nitrogen and oxygen atoms in total. The number of nitrogens with one attached hydrogen (secondary N) is 1. The van der Waals surface area contributed by atoms with E-state index in [4.69, 9.17) is 0 Å². The van der Waals surface area contributed by atoms with E-state index in [-0.39, 0.29) is 11.9 Å². The normalized spacial score (nSPS) is 19.1. The highest BCUT2D eigenvalue weighted by molar-refractivity contribution is 7.09. The molecule has 3 amide bonds. The fraction of sp³-hybridized carbons (Fsp3) is 0.500. The van der Waals surface area contributed by atoms with E-state index >= 15 is 0 Å². The number of nitrogens with zero attached hydrogens (tertiary/aromatic N) is 2. The summed E-state index contributed by atoms with van der Waals surface area (Å²) in [6.07, 6.45) is 0. The first-order chi connectivity index (χ1) is 7.41. The summed E-state index contributed by atoms with van der Waals surface area (Å²) in [5.41, 5.74) is 0.0228. The van der Waals surface area contributed by atoms with E-state index < -0.39 is 5.54 Å². The van der Waals surface area contributed by atoms with Crippen LogP contribution in [0, 0.1) is 6.92 Å². The summed E-state index contributed by atoms with van der Waals surface area (Å²) < 4.78 is 0. The number of carbonyl (C=O) groups is 2. The average molecular weight is 239 g/mol. The number of thiazole rings is 1. The smallest absolute Gasteiger partial charge is 0.304 e. The summed E-state index contributed by atoms with van der Waals surface area (Å²) in [5.74, 6) is -0.260. The molecular weight excluding hydrogens is 226 g/mol. The Bertz CT molecular complexity index is 453. The van der Waals surface area contributed by atoms with E-state index in [1.807, 2.05) is 12.3 Å². The molecule has 0 atom stereocenters. The predicted molar refractivity (Wildman–Crippen MR) is 60.0 cm³/mol. The largest absolute Gasteiger partial charge is 0.325 e. The van der Waals surface area contributed by atoms with Crippen molar-refractivity contribution in [2.45, 2.75) is 32.9 Å². The fourth-order valence-corrected chi connectivity index (χ4v) is 2.21. The molecule has 2 rings (SSSR count). The maximum absolute atomic E-state index is 11.6. The van der Waals surface area contributed by atoms with Gasteiger partial charge in [-0.15, -0.1) is 11.3 Å². The molecule has 1 saturated heterocycles. The van der Waals surface area contributed by atoms with Crippen LogP contribution in [0.15, 0.2) is 5.38 Å². The van der Waals surface area contributed by atoms with Gasteiger partial charge in [0.2, 0.25) is 0 Å². The lowest BCUT2D eigenvalue weighted by Crippen LogP contribution is -2.43. The molecular formula is C10H13N3O2S. The quantitative estimate of drug-likeness (QED) is 0.791. The minimum Gasteiger partial charge on any atom is -0.304 e. The number of aromatic nitrogens is 1. The second kappa shape index (κ2) is 3.55. The topological polar surface area (TPSA) is 62.3 Å². The Balaban J connectivity index is 2.21. The summed E-state index contributed by atoms with van der Waals surface area (Å²) in [6.45, 7) is 5.74. The molecule has 16 heavy (non-hydrogen) atoms. The number of hydrogen-bond acceptors (Lipinski definition) is 4. The van der Waals surface area contributed by atoms with Crippen LogP contribution in [0.1, 0.15) is 24.5 Å². The van der Waals surface area contributed by atoms with Gasteiger partial charge in [0.1, 0.15) is 5.54 Å². The van der Waals surface area contributed by atoms with E-state index in [2.05, 4.69) is 10.3 Å². The SMILES string of the molecule is Cc1nc(CN2C(=O)NC(=O)C2(C)C)cs1. The highest BCUT2D eigenvalue weighted by Crippen LogP contribution is 2.23. The van der Waals surface area contributed by atoms with Crippen molar-refractivity contribution in [3.63, 3.8) is 0 Å². The first kappa shape index (κ1) is 11.1. The van der Waals surface area contributed by atoms with Gasteiger partial charge in [-0.3, -0.25) is 10.1 Å². The molecule has 1 N–H and O–H groups in total. The highest BCUT2D eigenvalue weighted by Gasteiger charge is 2.45. The Morgan fingerprint density at radius 2 is 2.19 bits per heavy atom. The van der Waals surface area contributed by atoms with Crippen LogP contribution >= 0.6 is 11.3 Å². The summed E-state index contributed by atoms with van der Waals surface area (Å²) >= 11 is 1.54. The predicted octanol–water partition coefficient (Wildman–Crippen LogP) is 1.28. The lowest BCUT2D eigenvalue weighted by Gasteiger charge is -2.26. The van der Waals surface area contributed by atoms with Crippen molar-refractivity contribution < 1.29 is 9.59 Å². The Kier molecular flexibility index (Phi) is 2.46. The zero-order chi connectivity index (χ0) is 11.9. The van der Waals surface area contributed by atoms with Gasteiger partial charge >= 0.3 is 6.03 Å². The molecule has 0 spiro atoms. The molecule has 6 heteroatoms. The first-order valence-electron chi connectivity index (χ1n) is 4.95. The van der Waals surface area contributed by atoms with Crippen LogP contribution in [-0.2, 0) is 11.3 Å². The number of imide groups is 1. The van der Waals surface area contributed by atoms with Gasteiger partial charge in [-0.2, -0.15) is 0 Å². The zero-order valence-corrected chi connectivity index (χ0v) is 10.2. The molecule has 0 unspecified atom stereocenters. The van der Waals surface area contributed by atoms with Gasteiger partial charge in [0.25, 0.3) is 5.91 Å². The van der Waals surface area contributed by atoms with E-state index in [9.17, 15) is 9.59 Å². The van der Waals surface area contributed by atoms with Crippen molar-refractivity contribution in [3.8, 4) is 0 Å². The number of amides is 3. The minimum absolute atomic E-state index is 0.260. The number of urea groups is 1. The number of carbonyl (C=O) groups excluding carboxylic acids is 2. The maximum Gasteiger partial charge on any atom is 0.325 e. The van der Waals surface area contributed by atoms with E-state index in [0.717, 1.165) is 10.7 Å². The van der Waals surface area contributed by atoms with Crippen LogP contribution in [-0.4, -0.2) is 27.4 Å². The second-order valence-electron chi connectivity index (χ2n) is 4.26. The van der Waals surface area contributed by atoms with Gasteiger partial charge in [-0.25, -0.2) is 9.78 Å². The van der Waals surface area contributed by atoms with Crippen LogP contribution in [0.3, 0.4) is 0 Å². The molecule has 0 saturated carbocycles. The van der Waals surface area contributed by atoms with E-state index in [1.54, 1.807) is 13.8 Å². The third kappa shape index (κ3) is 1.69. The lowest BCUT2D eigenvalue weighted by atomic mass is 10.0. The molecule has 1 aliphatic rings. The monoisotopic (exact) mass is 239 g/mol. The molecule has 0 radical (unpaired) electrons. The molecule has 1 aliphatic heterocycles. The molecule has 86 valence electrons. The van der Waals surface area contributed by atoms with Gasteiger partial charge in [0.15, 0.2) is 0 Å². The number of aryl methyl sites for hydroxylation is 1. The standard InChI is InChI=1S/C10H13N3O2S/c1-6-11-7(5-16-6)4-13-9(15)12-8(14)10(13,2)3/h5H,4H2,1-3H3,(H,12,14,15). The molecule has 0 aliphatic carbocycles. The van der Waals surface area contributed by atoms with E-state index in [0.29, 0.717) is 6.54 Å². The summed E-state index contributed by atoms with van der Waals surface area (Å²) in [6, 6.07) is -0.347. The van der Waals surface area contributed by atoms with Crippen LogP contribution in [0.2, 0.25) is 0 Å². The zero-order valence-electron chi connectivity index (χ0n) is 9.40. The third-order valence-corrected chi connectivity index (χ3v) is 3.51. The molecule has 1 fully saturated rings. The van der Waals surface area contributed by atoms with Gasteiger partial charge in [0.05, 0.1) is 17.2 Å². The molecule has 1 aromatic heterocycles. The highest BCUT2D eigenvalue weighted by atomic mass is 32.1. The van der Waals surface area contributed by atoms with Crippen molar-refractivity contribution in [3.05, 3.63) is 16.1 Å². The Labute approximate surface area is 97.5 Å². The first-order valence-corrected chi connectivity index (χ1v) is 5.83. The Morgan fingerprint density at radius 3 is 2.62 bits per heavy atom. The average Bonchev–Trinajstić information content (AvgIpc) is 2.66. The van der Waals surface area contributed by atoms with E-state index in [1.165, 1.54) is 16.2 Å². The lowest BCUT2D eigenvalue weighted by molar-refractivity contribution is -0.125. The van der Waals surface area contributed by atoms with Gasteiger partial charge in [-0.1, -0.05) is 0 Å². The molecule has 1 aromatic rings. The fourth-order valence-electron chi connectivity index (χ4n) is 1.61. The number of rotatable bonds is 2. The Morgan fingerprint density at radius 1 is 1.50 bits per heavy atom. The van der Waals surface area contributed by atoms with Crippen molar-refractivity contribution in [1.82, 2.24) is 15.2 Å². The maximum atomic E-state index is 11.6. The van der Waals surface area contributed by atoms with Crippen molar-refractivity contribution in [1.29, 1.82) is 0 Å². The Hall–Kier alpha value is -1.43. The summed E-state index contributed by atoms with van der Waals surface area (Å²) in [4.78, 5) is 28.9. The summed E-state index contributed by atoms with van der Waals surface area (Å²) in [5, 5.41) is 5.17. The third-order valence-electron chi connectivity index (χ3n) is 2.68. The van der Waals surface area contributed by atoms with Gasteiger partial charge < -0.3 is 4.90 Å². The van der Waals surface area contributed by atoms with Crippen molar-refractivity contribution >= 4 is 23.3 Å². The van der Waals surface area contributed by atoms with Crippen LogP contribution in [0.5, 0.6) is 0 Å². The molecule has 2 heterocycles. The second-order valence-corrected chi connectivity index (χ2v) is 5.32. The van der Waals surface area contributed by atoms with Gasteiger partial charge in [-0.05, 0) is 20.8 Å². The van der Waals surface area contributed by atoms with Gasteiger partial charge in [0, 0.05) is 5.38 Å².